The van der Waals surface area contributed by atoms with Crippen LogP contribution in [0.2, 0.25) is 11.1 Å². The first kappa shape index (κ1) is 13.1. The molecular weight excluding hydrogens is 176 g/mol. The minimum Gasteiger partial charge on any atom is -0.325 e. The quantitative estimate of drug-likeness (QED) is 0.704. The van der Waals surface area contributed by atoms with Crippen LogP contribution >= 0.6 is 0 Å². The largest absolute Gasteiger partial charge is 0.325 e. The van der Waals surface area contributed by atoms with Crippen LogP contribution in [0.5, 0.6) is 0 Å². The van der Waals surface area contributed by atoms with E-state index in [0.717, 1.165) is 6.54 Å². The molecular formula is C10H26N2Si. The molecule has 0 aliphatic heterocycles. The zero-order chi connectivity index (χ0) is 10.7. The van der Waals surface area contributed by atoms with Crippen LogP contribution in [0.25, 0.3) is 0 Å². The van der Waals surface area contributed by atoms with E-state index in [0.29, 0.717) is 5.04 Å². The summed E-state index contributed by atoms with van der Waals surface area (Å²) in [6.45, 7) is 12.6. The van der Waals surface area contributed by atoms with Gasteiger partial charge in [-0.2, -0.15) is 0 Å². The molecule has 0 spiro atoms. The number of rotatable bonds is 4. The van der Waals surface area contributed by atoms with Gasteiger partial charge in [-0.3, -0.25) is 0 Å². The summed E-state index contributed by atoms with van der Waals surface area (Å²) in [6, 6.07) is 1.26. The van der Waals surface area contributed by atoms with E-state index in [4.69, 9.17) is 0 Å². The summed E-state index contributed by atoms with van der Waals surface area (Å²) >= 11 is 0. The van der Waals surface area contributed by atoms with E-state index < -0.39 is 8.40 Å². The first-order valence-electron chi connectivity index (χ1n) is 5.24. The molecule has 0 saturated carbocycles. The predicted molar refractivity (Wildman–Crippen MR) is 63.3 cm³/mol. The van der Waals surface area contributed by atoms with Crippen LogP contribution in [0.15, 0.2) is 0 Å². The molecule has 0 saturated heterocycles. The molecule has 1 N–H and O–H groups in total. The summed E-state index contributed by atoms with van der Waals surface area (Å²) in [7, 11) is 2.96. The zero-order valence-electron chi connectivity index (χ0n) is 10.4. The molecule has 0 aliphatic carbocycles. The molecule has 3 heteroatoms. The minimum atomic E-state index is -1.47. The van der Waals surface area contributed by atoms with Gasteiger partial charge in [-0.15, -0.1) is 0 Å². The van der Waals surface area contributed by atoms with Crippen LogP contribution in [0.3, 0.4) is 0 Å². The molecule has 0 radical (unpaired) electrons. The lowest BCUT2D eigenvalue weighted by Crippen LogP contribution is -2.66. The molecule has 0 aromatic heterocycles. The lowest BCUT2D eigenvalue weighted by Gasteiger charge is -2.47. The van der Waals surface area contributed by atoms with Gasteiger partial charge in [-0.25, -0.2) is 0 Å². The Hall–Kier alpha value is 0.137. The standard InChI is InChI=1S/C10H26N2Si/c1-8-11-13(9-2,12(6)7)10(3,4)5/h11H,8-9H2,1-7H3. The lowest BCUT2D eigenvalue weighted by atomic mass is 10.2. The monoisotopic (exact) mass is 202 g/mol. The summed E-state index contributed by atoms with van der Waals surface area (Å²) in [6.07, 6.45) is 0. The number of nitrogens with zero attached hydrogens (tertiary/aromatic N) is 1. The Morgan fingerprint density at radius 1 is 1.15 bits per heavy atom. The molecule has 1 atom stereocenters. The van der Waals surface area contributed by atoms with Crippen molar-refractivity contribution in [2.75, 3.05) is 20.6 Å². The van der Waals surface area contributed by atoms with Crippen LogP contribution in [-0.2, 0) is 0 Å². The molecule has 0 rings (SSSR count). The fourth-order valence-corrected chi connectivity index (χ4v) is 7.07. The van der Waals surface area contributed by atoms with Crippen molar-refractivity contribution in [3.05, 3.63) is 0 Å². The Labute approximate surface area is 84.9 Å². The van der Waals surface area contributed by atoms with Gasteiger partial charge in [0.1, 0.15) is 0 Å². The molecule has 0 fully saturated rings. The number of hydrogen-bond donors (Lipinski definition) is 1. The summed E-state index contributed by atoms with van der Waals surface area (Å²) in [5.41, 5.74) is 0. The van der Waals surface area contributed by atoms with E-state index in [1.807, 2.05) is 0 Å². The Morgan fingerprint density at radius 2 is 1.62 bits per heavy atom. The maximum atomic E-state index is 3.75. The third kappa shape index (κ3) is 2.54. The van der Waals surface area contributed by atoms with Crippen molar-refractivity contribution >= 4 is 8.40 Å². The zero-order valence-corrected chi connectivity index (χ0v) is 11.4. The van der Waals surface area contributed by atoms with Gasteiger partial charge in [0.25, 0.3) is 0 Å². The summed E-state index contributed by atoms with van der Waals surface area (Å²) < 4.78 is 2.44. The van der Waals surface area contributed by atoms with Gasteiger partial charge in [-0.1, -0.05) is 34.6 Å². The highest BCUT2D eigenvalue weighted by Crippen LogP contribution is 2.37. The average molecular weight is 202 g/mol. The van der Waals surface area contributed by atoms with Gasteiger partial charge in [-0.05, 0) is 31.7 Å². The van der Waals surface area contributed by atoms with Crippen LogP contribution in [0.1, 0.15) is 34.6 Å². The third-order valence-electron chi connectivity index (χ3n) is 2.99. The van der Waals surface area contributed by atoms with Gasteiger partial charge >= 0.3 is 0 Å². The summed E-state index contributed by atoms with van der Waals surface area (Å²) in [4.78, 5) is 3.75. The molecule has 0 aliphatic rings. The van der Waals surface area contributed by atoms with Crippen molar-refractivity contribution in [1.29, 1.82) is 0 Å². The molecule has 0 aromatic rings. The maximum Gasteiger partial charge on any atom is 0.208 e. The predicted octanol–water partition coefficient (Wildman–Crippen LogP) is 2.42. The van der Waals surface area contributed by atoms with Crippen molar-refractivity contribution in [3.8, 4) is 0 Å². The highest BCUT2D eigenvalue weighted by Gasteiger charge is 2.45. The van der Waals surface area contributed by atoms with Gasteiger partial charge < -0.3 is 9.55 Å². The van der Waals surface area contributed by atoms with Crippen molar-refractivity contribution in [2.45, 2.75) is 45.7 Å². The fourth-order valence-electron chi connectivity index (χ4n) is 2.36. The normalized spacial score (nSPS) is 17.5. The minimum absolute atomic E-state index is 0.390. The van der Waals surface area contributed by atoms with Gasteiger partial charge in [0, 0.05) is 0 Å². The first-order chi connectivity index (χ1) is 5.81. The van der Waals surface area contributed by atoms with E-state index in [1.54, 1.807) is 0 Å². The Morgan fingerprint density at radius 3 is 1.69 bits per heavy atom. The highest BCUT2D eigenvalue weighted by molar-refractivity contribution is 6.77. The smallest absolute Gasteiger partial charge is 0.208 e. The second kappa shape index (κ2) is 4.58. The molecule has 80 valence electrons. The van der Waals surface area contributed by atoms with Gasteiger partial charge in [0.05, 0.1) is 0 Å². The third-order valence-corrected chi connectivity index (χ3v) is 8.96. The second-order valence-corrected chi connectivity index (χ2v) is 10.1. The van der Waals surface area contributed by atoms with Gasteiger partial charge in [0.2, 0.25) is 8.40 Å². The summed E-state index contributed by atoms with van der Waals surface area (Å²) in [5.74, 6) is 0. The van der Waals surface area contributed by atoms with Crippen LogP contribution in [0, 0.1) is 0 Å². The highest BCUT2D eigenvalue weighted by atomic mass is 28.3. The van der Waals surface area contributed by atoms with E-state index in [1.165, 1.54) is 6.04 Å². The molecule has 2 nitrogen and oxygen atoms in total. The van der Waals surface area contributed by atoms with Crippen LogP contribution in [0.4, 0.5) is 0 Å². The van der Waals surface area contributed by atoms with Crippen molar-refractivity contribution < 1.29 is 0 Å². The Kier molecular flexibility index (Phi) is 4.62. The number of nitrogens with one attached hydrogen (secondary N) is 1. The van der Waals surface area contributed by atoms with Gasteiger partial charge in [0.15, 0.2) is 0 Å². The van der Waals surface area contributed by atoms with Crippen molar-refractivity contribution in [3.63, 3.8) is 0 Å². The number of hydrogen-bond acceptors (Lipinski definition) is 2. The van der Waals surface area contributed by atoms with E-state index in [9.17, 15) is 0 Å². The maximum absolute atomic E-state index is 3.75. The van der Waals surface area contributed by atoms with Crippen LogP contribution < -0.4 is 4.98 Å². The molecule has 0 bridgehead atoms. The topological polar surface area (TPSA) is 15.3 Å². The fraction of sp³-hybridized carbons (Fsp3) is 1.00. The second-order valence-electron chi connectivity index (χ2n) is 4.89. The van der Waals surface area contributed by atoms with Crippen LogP contribution in [-0.4, -0.2) is 33.6 Å². The average Bonchev–Trinajstić information content (AvgIpc) is 1.96. The summed E-state index contributed by atoms with van der Waals surface area (Å²) in [5, 5.41) is 0.390. The van der Waals surface area contributed by atoms with Crippen molar-refractivity contribution in [2.24, 2.45) is 0 Å². The molecule has 0 aromatic carbocycles. The Bertz CT molecular complexity index is 151. The SMILES string of the molecule is CCN[Si](CC)(N(C)C)C(C)(C)C. The lowest BCUT2D eigenvalue weighted by molar-refractivity contribution is 0.509. The molecule has 13 heavy (non-hydrogen) atoms. The first-order valence-corrected chi connectivity index (χ1v) is 7.39. The Balaban J connectivity index is 4.87. The van der Waals surface area contributed by atoms with E-state index in [-0.39, 0.29) is 0 Å². The van der Waals surface area contributed by atoms with E-state index >= 15 is 0 Å². The molecule has 0 amide bonds. The van der Waals surface area contributed by atoms with E-state index in [2.05, 4.69) is 58.3 Å². The molecule has 1 unspecified atom stereocenters. The molecule has 0 heterocycles. The van der Waals surface area contributed by atoms with Crippen molar-refractivity contribution in [1.82, 2.24) is 9.55 Å².